The van der Waals surface area contributed by atoms with Gasteiger partial charge in [-0.15, -0.1) is 11.3 Å². The van der Waals surface area contributed by atoms with Gasteiger partial charge in [0, 0.05) is 24.3 Å². The summed E-state index contributed by atoms with van der Waals surface area (Å²) < 4.78 is 1.79. The second-order valence-electron chi connectivity index (χ2n) is 3.73. The molecule has 5 nitrogen and oxygen atoms in total. The van der Waals surface area contributed by atoms with Crippen molar-refractivity contribution in [2.75, 3.05) is 0 Å². The minimum atomic E-state index is 0.107. The van der Waals surface area contributed by atoms with Gasteiger partial charge in [0.1, 0.15) is 0 Å². The Bertz CT molecular complexity index is 461. The largest absolute Gasteiger partial charge is 0.276 e. The number of nitrogens with zero attached hydrogens (tertiary/aromatic N) is 3. The van der Waals surface area contributed by atoms with Crippen LogP contribution < -0.4 is 11.3 Å². The molecule has 2 aromatic heterocycles. The number of rotatable bonds is 4. The number of thiazole rings is 1. The summed E-state index contributed by atoms with van der Waals surface area (Å²) in [6, 6.07) is 0.107. The minimum absolute atomic E-state index is 0.107. The van der Waals surface area contributed by atoms with Gasteiger partial charge in [0.15, 0.2) is 0 Å². The van der Waals surface area contributed by atoms with Gasteiger partial charge in [-0.05, 0) is 18.9 Å². The zero-order valence-corrected chi connectivity index (χ0v) is 10.2. The van der Waals surface area contributed by atoms with Crippen molar-refractivity contribution in [2.24, 2.45) is 12.9 Å². The fourth-order valence-corrected chi connectivity index (χ4v) is 2.44. The zero-order valence-electron chi connectivity index (χ0n) is 9.34. The molecule has 2 aromatic rings. The Labute approximate surface area is 98.3 Å². The first-order valence-corrected chi connectivity index (χ1v) is 5.86. The van der Waals surface area contributed by atoms with Crippen LogP contribution in [0.4, 0.5) is 0 Å². The molecule has 0 aromatic carbocycles. The SMILES string of the molecule is Cc1ncc(C(Cc2cnn(C)c2)NN)s1. The highest BCUT2D eigenvalue weighted by Gasteiger charge is 2.13. The highest BCUT2D eigenvalue weighted by atomic mass is 32.1. The average molecular weight is 237 g/mol. The van der Waals surface area contributed by atoms with E-state index in [-0.39, 0.29) is 6.04 Å². The third-order valence-electron chi connectivity index (χ3n) is 2.38. The van der Waals surface area contributed by atoms with Crippen LogP contribution in [0.1, 0.15) is 21.5 Å². The summed E-state index contributed by atoms with van der Waals surface area (Å²) in [6.45, 7) is 1.99. The predicted octanol–water partition coefficient (Wildman–Crippen LogP) is 0.932. The third-order valence-corrected chi connectivity index (χ3v) is 3.41. The van der Waals surface area contributed by atoms with Gasteiger partial charge in [-0.3, -0.25) is 16.0 Å². The van der Waals surface area contributed by atoms with Crippen molar-refractivity contribution >= 4 is 11.3 Å². The molecule has 16 heavy (non-hydrogen) atoms. The van der Waals surface area contributed by atoms with Crippen molar-refractivity contribution in [2.45, 2.75) is 19.4 Å². The van der Waals surface area contributed by atoms with Gasteiger partial charge < -0.3 is 0 Å². The van der Waals surface area contributed by atoms with Crippen LogP contribution in [0, 0.1) is 6.92 Å². The van der Waals surface area contributed by atoms with Crippen LogP contribution in [0.5, 0.6) is 0 Å². The van der Waals surface area contributed by atoms with Gasteiger partial charge in [-0.25, -0.2) is 4.98 Å². The number of nitrogens with two attached hydrogens (primary N) is 1. The number of nitrogens with one attached hydrogen (secondary N) is 1. The zero-order chi connectivity index (χ0) is 11.5. The smallest absolute Gasteiger partial charge is 0.0897 e. The van der Waals surface area contributed by atoms with E-state index in [2.05, 4.69) is 15.5 Å². The highest BCUT2D eigenvalue weighted by molar-refractivity contribution is 7.11. The molecule has 86 valence electrons. The van der Waals surface area contributed by atoms with Crippen LogP contribution in [-0.4, -0.2) is 14.8 Å². The summed E-state index contributed by atoms with van der Waals surface area (Å²) in [5.41, 5.74) is 3.99. The molecule has 0 radical (unpaired) electrons. The van der Waals surface area contributed by atoms with Crippen LogP contribution >= 0.6 is 11.3 Å². The molecular weight excluding hydrogens is 222 g/mol. The molecule has 2 heterocycles. The summed E-state index contributed by atoms with van der Waals surface area (Å²) in [5.74, 6) is 5.57. The molecule has 0 aliphatic carbocycles. The number of hydrogen-bond acceptors (Lipinski definition) is 5. The van der Waals surface area contributed by atoms with Crippen molar-refractivity contribution in [3.8, 4) is 0 Å². The Morgan fingerprint density at radius 2 is 2.38 bits per heavy atom. The number of hydrazine groups is 1. The van der Waals surface area contributed by atoms with Crippen LogP contribution in [0.2, 0.25) is 0 Å². The maximum absolute atomic E-state index is 5.57. The van der Waals surface area contributed by atoms with E-state index >= 15 is 0 Å². The third kappa shape index (κ3) is 2.46. The predicted molar refractivity (Wildman–Crippen MR) is 63.8 cm³/mol. The lowest BCUT2D eigenvalue weighted by molar-refractivity contribution is 0.559. The van der Waals surface area contributed by atoms with E-state index in [0.717, 1.165) is 21.9 Å². The minimum Gasteiger partial charge on any atom is -0.276 e. The molecule has 3 N–H and O–H groups in total. The number of aromatic nitrogens is 3. The Kier molecular flexibility index (Phi) is 3.33. The molecule has 0 fully saturated rings. The summed E-state index contributed by atoms with van der Waals surface area (Å²) in [5, 5.41) is 5.20. The second-order valence-corrected chi connectivity index (χ2v) is 4.99. The molecule has 0 saturated heterocycles. The molecule has 0 aliphatic heterocycles. The summed E-state index contributed by atoms with van der Waals surface area (Å²) >= 11 is 1.67. The maximum Gasteiger partial charge on any atom is 0.0897 e. The monoisotopic (exact) mass is 237 g/mol. The van der Waals surface area contributed by atoms with Crippen molar-refractivity contribution in [3.05, 3.63) is 34.0 Å². The first kappa shape index (κ1) is 11.3. The van der Waals surface area contributed by atoms with E-state index in [1.807, 2.05) is 32.6 Å². The molecule has 2 rings (SSSR count). The Balaban J connectivity index is 2.12. The van der Waals surface area contributed by atoms with Crippen molar-refractivity contribution in [1.29, 1.82) is 0 Å². The Morgan fingerprint density at radius 3 is 2.88 bits per heavy atom. The molecule has 0 bridgehead atoms. The normalized spacial score (nSPS) is 12.9. The summed E-state index contributed by atoms with van der Waals surface area (Å²) in [7, 11) is 1.91. The number of hydrogen-bond donors (Lipinski definition) is 2. The van der Waals surface area contributed by atoms with Crippen molar-refractivity contribution < 1.29 is 0 Å². The van der Waals surface area contributed by atoms with Crippen molar-refractivity contribution in [3.63, 3.8) is 0 Å². The molecule has 1 atom stereocenters. The van der Waals surface area contributed by atoms with Crippen LogP contribution in [0.3, 0.4) is 0 Å². The number of aryl methyl sites for hydroxylation is 2. The average Bonchev–Trinajstić information content (AvgIpc) is 2.84. The van der Waals surface area contributed by atoms with E-state index in [1.165, 1.54) is 0 Å². The first-order valence-electron chi connectivity index (χ1n) is 5.05. The van der Waals surface area contributed by atoms with E-state index in [1.54, 1.807) is 16.0 Å². The van der Waals surface area contributed by atoms with E-state index < -0.39 is 0 Å². The van der Waals surface area contributed by atoms with E-state index in [9.17, 15) is 0 Å². The summed E-state index contributed by atoms with van der Waals surface area (Å²) in [6.07, 6.45) is 6.56. The molecule has 0 saturated carbocycles. The van der Waals surface area contributed by atoms with E-state index in [4.69, 9.17) is 5.84 Å². The molecular formula is C10H15N5S. The van der Waals surface area contributed by atoms with Crippen LogP contribution in [0.25, 0.3) is 0 Å². The van der Waals surface area contributed by atoms with Crippen molar-refractivity contribution in [1.82, 2.24) is 20.2 Å². The lowest BCUT2D eigenvalue weighted by Crippen LogP contribution is -2.28. The van der Waals surface area contributed by atoms with Crippen LogP contribution in [-0.2, 0) is 13.5 Å². The fraction of sp³-hybridized carbons (Fsp3) is 0.400. The lowest BCUT2D eigenvalue weighted by Gasteiger charge is -2.11. The second kappa shape index (κ2) is 4.73. The van der Waals surface area contributed by atoms with Gasteiger partial charge >= 0.3 is 0 Å². The topological polar surface area (TPSA) is 68.8 Å². The summed E-state index contributed by atoms with van der Waals surface area (Å²) in [4.78, 5) is 5.39. The van der Waals surface area contributed by atoms with Gasteiger partial charge in [0.2, 0.25) is 0 Å². The molecule has 1 unspecified atom stereocenters. The van der Waals surface area contributed by atoms with Gasteiger partial charge in [-0.2, -0.15) is 5.10 Å². The van der Waals surface area contributed by atoms with E-state index in [0.29, 0.717) is 0 Å². The molecule has 0 aliphatic rings. The van der Waals surface area contributed by atoms with Crippen LogP contribution in [0.15, 0.2) is 18.6 Å². The lowest BCUT2D eigenvalue weighted by atomic mass is 10.1. The Morgan fingerprint density at radius 1 is 1.56 bits per heavy atom. The molecule has 0 spiro atoms. The maximum atomic E-state index is 5.57. The van der Waals surface area contributed by atoms with Gasteiger partial charge in [0.05, 0.1) is 17.2 Å². The first-order chi connectivity index (χ1) is 7.69. The quantitative estimate of drug-likeness (QED) is 0.613. The highest BCUT2D eigenvalue weighted by Crippen LogP contribution is 2.22. The standard InChI is InChI=1S/C10H15N5S/c1-7-12-5-10(16-7)9(14-11)3-8-4-13-15(2)6-8/h4-6,9,14H,3,11H2,1-2H3. The fourth-order valence-electron chi connectivity index (χ4n) is 1.59. The van der Waals surface area contributed by atoms with Gasteiger partial charge in [-0.1, -0.05) is 0 Å². The molecule has 6 heteroatoms. The molecule has 0 amide bonds. The Hall–Kier alpha value is -1.24. The van der Waals surface area contributed by atoms with Gasteiger partial charge in [0.25, 0.3) is 0 Å².